The third-order valence-electron chi connectivity index (χ3n) is 5.24. The van der Waals surface area contributed by atoms with Crippen LogP contribution < -0.4 is 0 Å². The molecule has 0 N–H and O–H groups in total. The second kappa shape index (κ2) is 7.02. The average molecular weight is 402 g/mol. The van der Waals surface area contributed by atoms with Gasteiger partial charge >= 0.3 is 6.18 Å². The number of hydrogen-bond donors (Lipinski definition) is 0. The van der Waals surface area contributed by atoms with Crippen LogP contribution in [0.1, 0.15) is 38.3 Å². The lowest BCUT2D eigenvalue weighted by atomic mass is 10.1. The van der Waals surface area contributed by atoms with E-state index in [2.05, 4.69) is 0 Å². The minimum atomic E-state index is -4.45. The molecule has 2 aliphatic rings. The maximum Gasteiger partial charge on any atom is 0.416 e. The summed E-state index contributed by atoms with van der Waals surface area (Å²) in [6.07, 6.45) is -4.30. The first-order valence-electron chi connectivity index (χ1n) is 9.13. The van der Waals surface area contributed by atoms with Gasteiger partial charge in [0.25, 0.3) is 11.8 Å². The quantitative estimate of drug-likeness (QED) is 0.737. The lowest BCUT2D eigenvalue weighted by Crippen LogP contribution is -2.35. The normalized spacial score (nSPS) is 19.3. The van der Waals surface area contributed by atoms with Crippen LogP contribution in [-0.2, 0) is 17.5 Å². The Morgan fingerprint density at radius 3 is 2.21 bits per heavy atom. The molecule has 150 valence electrons. The monoisotopic (exact) mass is 402 g/mol. The number of hydrogen-bond acceptors (Lipinski definition) is 3. The SMILES string of the molecule is O=C1CC(CN2C(=O)c3ccccc3C2=O)CN1Cc1cccc(C(F)(F)F)c1. The van der Waals surface area contributed by atoms with E-state index in [1.807, 2.05) is 0 Å². The molecule has 0 spiro atoms. The topological polar surface area (TPSA) is 57.7 Å². The van der Waals surface area contributed by atoms with E-state index in [0.29, 0.717) is 16.7 Å². The van der Waals surface area contributed by atoms with Crippen molar-refractivity contribution in [3.05, 3.63) is 70.8 Å². The smallest absolute Gasteiger partial charge is 0.338 e. The Morgan fingerprint density at radius 2 is 1.59 bits per heavy atom. The molecule has 1 fully saturated rings. The van der Waals surface area contributed by atoms with E-state index in [-0.39, 0.29) is 49.7 Å². The highest BCUT2D eigenvalue weighted by Crippen LogP contribution is 2.31. The molecule has 1 saturated heterocycles. The second-order valence-electron chi connectivity index (χ2n) is 7.31. The van der Waals surface area contributed by atoms with Crippen LogP contribution in [0.3, 0.4) is 0 Å². The Balaban J connectivity index is 1.43. The summed E-state index contributed by atoms with van der Waals surface area (Å²) in [5.74, 6) is -1.22. The molecule has 5 nitrogen and oxygen atoms in total. The van der Waals surface area contributed by atoms with Gasteiger partial charge in [-0.05, 0) is 29.8 Å². The van der Waals surface area contributed by atoms with Crippen molar-refractivity contribution >= 4 is 17.7 Å². The standard InChI is InChI=1S/C21H17F3N2O3/c22-21(23,24)15-5-3-4-13(8-15)10-25-11-14(9-18(25)27)12-26-19(28)16-6-1-2-7-17(16)20(26)29/h1-8,14H,9-12H2. The summed E-state index contributed by atoms with van der Waals surface area (Å²) in [6, 6.07) is 11.4. The predicted octanol–water partition coefficient (Wildman–Crippen LogP) is 3.35. The number of rotatable bonds is 4. The highest BCUT2D eigenvalue weighted by atomic mass is 19.4. The summed E-state index contributed by atoms with van der Waals surface area (Å²) in [5.41, 5.74) is 0.323. The Labute approximate surface area is 164 Å². The third-order valence-corrected chi connectivity index (χ3v) is 5.24. The fourth-order valence-corrected chi connectivity index (χ4v) is 3.86. The molecule has 0 aromatic heterocycles. The van der Waals surface area contributed by atoms with E-state index < -0.39 is 11.7 Å². The van der Waals surface area contributed by atoms with E-state index in [9.17, 15) is 27.6 Å². The summed E-state index contributed by atoms with van der Waals surface area (Å²) in [4.78, 5) is 39.9. The molecule has 1 unspecified atom stereocenters. The maximum absolute atomic E-state index is 12.9. The number of benzene rings is 2. The van der Waals surface area contributed by atoms with E-state index in [4.69, 9.17) is 0 Å². The van der Waals surface area contributed by atoms with Crippen LogP contribution >= 0.6 is 0 Å². The van der Waals surface area contributed by atoms with E-state index in [0.717, 1.165) is 17.0 Å². The average Bonchev–Trinajstić information content (AvgIpc) is 3.14. The summed E-state index contributed by atoms with van der Waals surface area (Å²) >= 11 is 0. The molecular formula is C21H17F3N2O3. The largest absolute Gasteiger partial charge is 0.416 e. The highest BCUT2D eigenvalue weighted by Gasteiger charge is 2.39. The van der Waals surface area contributed by atoms with Gasteiger partial charge in [0, 0.05) is 32.0 Å². The molecule has 0 aliphatic carbocycles. The Morgan fingerprint density at radius 1 is 0.931 bits per heavy atom. The van der Waals surface area contributed by atoms with Crippen molar-refractivity contribution in [1.29, 1.82) is 0 Å². The van der Waals surface area contributed by atoms with Gasteiger partial charge in [-0.2, -0.15) is 13.2 Å². The molecule has 0 saturated carbocycles. The van der Waals surface area contributed by atoms with Crippen molar-refractivity contribution in [1.82, 2.24) is 9.80 Å². The minimum Gasteiger partial charge on any atom is -0.338 e. The second-order valence-corrected chi connectivity index (χ2v) is 7.31. The number of amides is 3. The van der Waals surface area contributed by atoms with Gasteiger partial charge in [-0.25, -0.2) is 0 Å². The van der Waals surface area contributed by atoms with Crippen molar-refractivity contribution in [3.63, 3.8) is 0 Å². The van der Waals surface area contributed by atoms with Gasteiger partial charge in [0.1, 0.15) is 0 Å². The number of carbonyl (C=O) groups excluding carboxylic acids is 3. The van der Waals surface area contributed by atoms with Crippen molar-refractivity contribution in [3.8, 4) is 0 Å². The number of likely N-dealkylation sites (tertiary alicyclic amines) is 1. The molecule has 29 heavy (non-hydrogen) atoms. The third kappa shape index (κ3) is 3.62. The van der Waals surface area contributed by atoms with Crippen molar-refractivity contribution in [2.45, 2.75) is 19.1 Å². The fourth-order valence-electron chi connectivity index (χ4n) is 3.86. The zero-order valence-electron chi connectivity index (χ0n) is 15.3. The highest BCUT2D eigenvalue weighted by molar-refractivity contribution is 6.21. The molecule has 2 aromatic carbocycles. The Hall–Kier alpha value is -3.16. The van der Waals surface area contributed by atoms with Crippen LogP contribution in [0.5, 0.6) is 0 Å². The number of halogens is 3. The summed E-state index contributed by atoms with van der Waals surface area (Å²) < 4.78 is 38.7. The van der Waals surface area contributed by atoms with Gasteiger partial charge in [0.15, 0.2) is 0 Å². The van der Waals surface area contributed by atoms with Crippen molar-refractivity contribution < 1.29 is 27.6 Å². The lowest BCUT2D eigenvalue weighted by molar-refractivity contribution is -0.137. The molecule has 4 rings (SSSR count). The zero-order chi connectivity index (χ0) is 20.8. The van der Waals surface area contributed by atoms with Gasteiger partial charge in [0.05, 0.1) is 16.7 Å². The summed E-state index contributed by atoms with van der Waals surface area (Å²) in [7, 11) is 0. The Kier molecular flexibility index (Phi) is 4.64. The van der Waals surface area contributed by atoms with E-state index >= 15 is 0 Å². The lowest BCUT2D eigenvalue weighted by Gasteiger charge is -2.20. The van der Waals surface area contributed by atoms with Gasteiger partial charge < -0.3 is 4.90 Å². The first-order chi connectivity index (χ1) is 13.7. The molecule has 2 aliphatic heterocycles. The summed E-state index contributed by atoms with van der Waals surface area (Å²) in [5, 5.41) is 0. The summed E-state index contributed by atoms with van der Waals surface area (Å²) in [6.45, 7) is 0.445. The number of alkyl halides is 3. The van der Waals surface area contributed by atoms with Crippen LogP contribution in [0.25, 0.3) is 0 Å². The van der Waals surface area contributed by atoms with Crippen LogP contribution in [0.2, 0.25) is 0 Å². The molecular weight excluding hydrogens is 385 g/mol. The van der Waals surface area contributed by atoms with Crippen LogP contribution in [0.4, 0.5) is 13.2 Å². The van der Waals surface area contributed by atoms with Crippen LogP contribution in [0, 0.1) is 5.92 Å². The minimum absolute atomic E-state index is 0.0569. The Bertz CT molecular complexity index is 968. The van der Waals surface area contributed by atoms with Crippen LogP contribution in [0.15, 0.2) is 48.5 Å². The fraction of sp³-hybridized carbons (Fsp3) is 0.286. The predicted molar refractivity (Wildman–Crippen MR) is 96.8 cm³/mol. The molecule has 0 radical (unpaired) electrons. The molecule has 2 aromatic rings. The maximum atomic E-state index is 12.9. The van der Waals surface area contributed by atoms with Crippen molar-refractivity contribution in [2.24, 2.45) is 5.92 Å². The van der Waals surface area contributed by atoms with Gasteiger partial charge in [-0.3, -0.25) is 19.3 Å². The van der Waals surface area contributed by atoms with Gasteiger partial charge in [0.2, 0.25) is 5.91 Å². The molecule has 1 atom stereocenters. The van der Waals surface area contributed by atoms with Gasteiger partial charge in [-0.15, -0.1) is 0 Å². The first kappa shape index (κ1) is 19.2. The number of imide groups is 1. The molecule has 0 bridgehead atoms. The molecule has 2 heterocycles. The van der Waals surface area contributed by atoms with E-state index in [1.54, 1.807) is 30.3 Å². The number of carbonyl (C=O) groups is 3. The zero-order valence-corrected chi connectivity index (χ0v) is 15.3. The van der Waals surface area contributed by atoms with Crippen LogP contribution in [-0.4, -0.2) is 40.6 Å². The number of nitrogens with zero attached hydrogens (tertiary/aromatic N) is 2. The van der Waals surface area contributed by atoms with Crippen molar-refractivity contribution in [2.75, 3.05) is 13.1 Å². The van der Waals surface area contributed by atoms with Gasteiger partial charge in [-0.1, -0.05) is 24.3 Å². The van der Waals surface area contributed by atoms with E-state index in [1.165, 1.54) is 11.0 Å². The molecule has 8 heteroatoms. The number of fused-ring (bicyclic) bond motifs is 1. The molecule has 3 amide bonds. The first-order valence-corrected chi connectivity index (χ1v) is 9.13.